The minimum absolute atomic E-state index is 0.868. The lowest BCUT2D eigenvalue weighted by molar-refractivity contribution is -0.131. The van der Waals surface area contributed by atoms with Crippen molar-refractivity contribution in [2.45, 2.75) is 0 Å². The zero-order valence-corrected chi connectivity index (χ0v) is 9.84. The van der Waals surface area contributed by atoms with Gasteiger partial charge in [0.05, 0.1) is 0 Å². The van der Waals surface area contributed by atoms with Gasteiger partial charge in [0.1, 0.15) is 0 Å². The van der Waals surface area contributed by atoms with Gasteiger partial charge in [0.2, 0.25) is 0 Å². The van der Waals surface area contributed by atoms with E-state index in [9.17, 15) is 4.79 Å². The molecule has 2 heteroatoms. The van der Waals surface area contributed by atoms with Gasteiger partial charge in [-0.05, 0) is 35.3 Å². The lowest BCUT2D eigenvalue weighted by atomic mass is 10.0. The Labute approximate surface area is 106 Å². The molecule has 0 amide bonds. The predicted octanol–water partition coefficient (Wildman–Crippen LogP) is 3.63. The van der Waals surface area contributed by atoms with Crippen molar-refractivity contribution in [1.29, 1.82) is 0 Å². The molecule has 0 spiro atoms. The number of carboxylic acid groups (broad SMARTS) is 1. The van der Waals surface area contributed by atoms with Gasteiger partial charge in [0.25, 0.3) is 0 Å². The van der Waals surface area contributed by atoms with E-state index in [1.54, 1.807) is 6.08 Å². The van der Waals surface area contributed by atoms with Gasteiger partial charge in [-0.3, -0.25) is 0 Å². The molecular weight excluding hydrogens is 224 g/mol. The minimum atomic E-state index is -0.941. The van der Waals surface area contributed by atoms with E-state index < -0.39 is 5.97 Å². The van der Waals surface area contributed by atoms with E-state index in [2.05, 4.69) is 6.92 Å². The van der Waals surface area contributed by atoms with Gasteiger partial charge in [0, 0.05) is 6.08 Å². The molecular formula is C16H13O2. The average molecular weight is 237 g/mol. The summed E-state index contributed by atoms with van der Waals surface area (Å²) in [6.07, 6.45) is 2.70. The van der Waals surface area contributed by atoms with Crippen molar-refractivity contribution in [2.24, 2.45) is 0 Å². The standard InChI is InChI=1S/C16H13O2/c1-12-3-2-4-15(11-12)14-8-5-13(6-9-14)7-10-16(17)18/h2-11H,1H2,(H,17,18). The maximum absolute atomic E-state index is 10.4. The van der Waals surface area contributed by atoms with Gasteiger partial charge >= 0.3 is 5.97 Å². The number of aliphatic carboxylic acids is 1. The Morgan fingerprint density at radius 2 is 1.78 bits per heavy atom. The zero-order valence-electron chi connectivity index (χ0n) is 9.84. The molecule has 18 heavy (non-hydrogen) atoms. The number of benzene rings is 2. The number of hydrogen-bond donors (Lipinski definition) is 1. The molecule has 2 aromatic rings. The van der Waals surface area contributed by atoms with Crippen LogP contribution < -0.4 is 0 Å². The predicted molar refractivity (Wildman–Crippen MR) is 73.0 cm³/mol. The quantitative estimate of drug-likeness (QED) is 0.827. The Balaban J connectivity index is 2.25. The van der Waals surface area contributed by atoms with Gasteiger partial charge in [0.15, 0.2) is 0 Å². The van der Waals surface area contributed by atoms with Gasteiger partial charge in [-0.2, -0.15) is 0 Å². The van der Waals surface area contributed by atoms with E-state index in [1.807, 2.05) is 48.5 Å². The van der Waals surface area contributed by atoms with Gasteiger partial charge < -0.3 is 5.11 Å². The van der Waals surface area contributed by atoms with E-state index in [4.69, 9.17) is 5.11 Å². The molecule has 1 N–H and O–H groups in total. The van der Waals surface area contributed by atoms with E-state index in [0.717, 1.165) is 28.3 Å². The molecule has 2 aromatic carbocycles. The van der Waals surface area contributed by atoms with Crippen molar-refractivity contribution >= 4 is 12.0 Å². The summed E-state index contributed by atoms with van der Waals surface area (Å²) < 4.78 is 0. The molecule has 0 aliphatic rings. The van der Waals surface area contributed by atoms with E-state index in [1.165, 1.54) is 0 Å². The molecule has 0 saturated carbocycles. The Morgan fingerprint density at radius 3 is 2.39 bits per heavy atom. The van der Waals surface area contributed by atoms with Gasteiger partial charge in [-0.25, -0.2) is 4.79 Å². The molecule has 0 aromatic heterocycles. The third-order valence-electron chi connectivity index (χ3n) is 2.59. The molecule has 0 unspecified atom stereocenters. The largest absolute Gasteiger partial charge is 0.478 e. The molecule has 0 heterocycles. The third-order valence-corrected chi connectivity index (χ3v) is 2.59. The summed E-state index contributed by atoms with van der Waals surface area (Å²) in [4.78, 5) is 10.4. The van der Waals surface area contributed by atoms with Crippen molar-refractivity contribution in [3.8, 4) is 11.1 Å². The molecule has 2 nitrogen and oxygen atoms in total. The SMILES string of the molecule is [CH2]c1cccc(-c2ccc(C=CC(=O)O)cc2)c1. The molecule has 0 aliphatic heterocycles. The van der Waals surface area contributed by atoms with Crippen LogP contribution in [0.1, 0.15) is 11.1 Å². The summed E-state index contributed by atoms with van der Waals surface area (Å²) in [5.41, 5.74) is 4.04. The molecule has 1 radical (unpaired) electrons. The fraction of sp³-hybridized carbons (Fsp3) is 0. The first-order valence-corrected chi connectivity index (χ1v) is 5.58. The van der Waals surface area contributed by atoms with E-state index in [-0.39, 0.29) is 0 Å². The number of hydrogen-bond acceptors (Lipinski definition) is 1. The highest BCUT2D eigenvalue weighted by Gasteiger charge is 1.97. The number of carbonyl (C=O) groups is 1. The molecule has 0 bridgehead atoms. The Hall–Kier alpha value is -2.35. The summed E-state index contributed by atoms with van der Waals surface area (Å²) in [7, 11) is 0. The fourth-order valence-electron chi connectivity index (χ4n) is 1.71. The number of carboxylic acids is 1. The number of rotatable bonds is 3. The Kier molecular flexibility index (Phi) is 3.58. The van der Waals surface area contributed by atoms with Crippen LogP contribution >= 0.6 is 0 Å². The van der Waals surface area contributed by atoms with Crippen LogP contribution in [0.25, 0.3) is 17.2 Å². The first kappa shape index (κ1) is 12.1. The molecule has 89 valence electrons. The highest BCUT2D eigenvalue weighted by atomic mass is 16.4. The molecule has 0 saturated heterocycles. The smallest absolute Gasteiger partial charge is 0.328 e. The van der Waals surface area contributed by atoms with Crippen LogP contribution in [0.15, 0.2) is 54.6 Å². The van der Waals surface area contributed by atoms with Crippen LogP contribution in [0.4, 0.5) is 0 Å². The summed E-state index contributed by atoms with van der Waals surface area (Å²) in [5, 5.41) is 8.54. The average Bonchev–Trinajstić information content (AvgIpc) is 2.37. The molecule has 0 fully saturated rings. The van der Waals surface area contributed by atoms with Crippen LogP contribution in [-0.2, 0) is 4.79 Å². The topological polar surface area (TPSA) is 37.3 Å². The zero-order chi connectivity index (χ0) is 13.0. The second-order valence-electron chi connectivity index (χ2n) is 3.99. The lowest BCUT2D eigenvalue weighted by Gasteiger charge is -2.03. The summed E-state index contributed by atoms with van der Waals surface area (Å²) in [6.45, 7) is 3.90. The second kappa shape index (κ2) is 5.32. The van der Waals surface area contributed by atoms with Crippen molar-refractivity contribution in [2.75, 3.05) is 0 Å². The summed E-state index contributed by atoms with van der Waals surface area (Å²) >= 11 is 0. The minimum Gasteiger partial charge on any atom is -0.478 e. The Bertz CT molecular complexity index is 580. The molecule has 0 atom stereocenters. The first-order valence-electron chi connectivity index (χ1n) is 5.58. The molecule has 0 aliphatic carbocycles. The van der Waals surface area contributed by atoms with Crippen molar-refractivity contribution in [3.63, 3.8) is 0 Å². The van der Waals surface area contributed by atoms with Crippen molar-refractivity contribution in [3.05, 3.63) is 72.7 Å². The highest BCUT2D eigenvalue weighted by molar-refractivity contribution is 5.85. The normalized spacial score (nSPS) is 10.7. The van der Waals surface area contributed by atoms with E-state index in [0.29, 0.717) is 0 Å². The van der Waals surface area contributed by atoms with Gasteiger partial charge in [-0.1, -0.05) is 48.5 Å². The van der Waals surface area contributed by atoms with Crippen LogP contribution in [0.3, 0.4) is 0 Å². The first-order chi connectivity index (χ1) is 8.65. The lowest BCUT2D eigenvalue weighted by Crippen LogP contribution is -1.85. The van der Waals surface area contributed by atoms with Crippen LogP contribution in [-0.4, -0.2) is 11.1 Å². The van der Waals surface area contributed by atoms with Crippen LogP contribution in [0.2, 0.25) is 0 Å². The maximum atomic E-state index is 10.4. The molecule has 2 rings (SSSR count). The Morgan fingerprint density at radius 1 is 1.06 bits per heavy atom. The highest BCUT2D eigenvalue weighted by Crippen LogP contribution is 2.21. The van der Waals surface area contributed by atoms with Crippen LogP contribution in [0.5, 0.6) is 0 Å². The monoisotopic (exact) mass is 237 g/mol. The second-order valence-corrected chi connectivity index (χ2v) is 3.99. The van der Waals surface area contributed by atoms with Crippen molar-refractivity contribution < 1.29 is 9.90 Å². The summed E-state index contributed by atoms with van der Waals surface area (Å²) in [6, 6.07) is 15.7. The van der Waals surface area contributed by atoms with Gasteiger partial charge in [-0.15, -0.1) is 0 Å². The maximum Gasteiger partial charge on any atom is 0.328 e. The van der Waals surface area contributed by atoms with E-state index >= 15 is 0 Å². The third kappa shape index (κ3) is 3.08. The summed E-state index contributed by atoms with van der Waals surface area (Å²) in [5.74, 6) is -0.941. The van der Waals surface area contributed by atoms with Crippen LogP contribution in [0, 0.1) is 6.92 Å². The fourth-order valence-corrected chi connectivity index (χ4v) is 1.71. The van der Waals surface area contributed by atoms with Crippen molar-refractivity contribution in [1.82, 2.24) is 0 Å².